The second-order valence-electron chi connectivity index (χ2n) is 5.27. The molecule has 3 aromatic carbocycles. The Kier molecular flexibility index (Phi) is 3.39. The molecule has 0 radical (unpaired) electrons. The SMILES string of the molecule is C/C(=C/c1ccccc1)c1cc(C)cc2ccccc12. The van der Waals surface area contributed by atoms with E-state index in [2.05, 4.69) is 86.7 Å². The van der Waals surface area contributed by atoms with Crippen LogP contribution in [-0.4, -0.2) is 0 Å². The van der Waals surface area contributed by atoms with Crippen molar-refractivity contribution in [2.45, 2.75) is 13.8 Å². The topological polar surface area (TPSA) is 0 Å². The summed E-state index contributed by atoms with van der Waals surface area (Å²) in [5.41, 5.74) is 5.18. The van der Waals surface area contributed by atoms with Gasteiger partial charge in [-0.25, -0.2) is 0 Å². The van der Waals surface area contributed by atoms with Crippen LogP contribution in [0.3, 0.4) is 0 Å². The average Bonchev–Trinajstić information content (AvgIpc) is 2.47. The number of fused-ring (bicyclic) bond motifs is 1. The molecule has 0 fully saturated rings. The Bertz CT molecular complexity index is 764. The molecule has 0 N–H and O–H groups in total. The summed E-state index contributed by atoms with van der Waals surface area (Å²) in [6, 6.07) is 23.6. The Labute approximate surface area is 120 Å². The highest BCUT2D eigenvalue weighted by molar-refractivity contribution is 5.97. The average molecular weight is 258 g/mol. The molecule has 0 aliphatic rings. The third-order valence-electron chi connectivity index (χ3n) is 3.61. The van der Waals surface area contributed by atoms with E-state index in [1.165, 1.54) is 33.0 Å². The van der Waals surface area contributed by atoms with Gasteiger partial charge in [-0.05, 0) is 46.9 Å². The van der Waals surface area contributed by atoms with E-state index in [1.54, 1.807) is 0 Å². The third kappa shape index (κ3) is 2.50. The van der Waals surface area contributed by atoms with Gasteiger partial charge in [0.1, 0.15) is 0 Å². The van der Waals surface area contributed by atoms with Gasteiger partial charge < -0.3 is 0 Å². The standard InChI is InChI=1S/C20H18/c1-15-12-18-10-6-7-11-19(18)20(13-15)16(2)14-17-8-4-3-5-9-17/h3-14H,1-2H3/b16-14-. The molecule has 0 aliphatic carbocycles. The van der Waals surface area contributed by atoms with Crippen LogP contribution in [0.25, 0.3) is 22.4 Å². The second-order valence-corrected chi connectivity index (χ2v) is 5.27. The largest absolute Gasteiger partial charge is 0.0622 e. The van der Waals surface area contributed by atoms with Crippen molar-refractivity contribution in [1.82, 2.24) is 0 Å². The van der Waals surface area contributed by atoms with Crippen LogP contribution in [-0.2, 0) is 0 Å². The van der Waals surface area contributed by atoms with Crippen molar-refractivity contribution in [3.63, 3.8) is 0 Å². The fourth-order valence-corrected chi connectivity index (χ4v) is 2.66. The van der Waals surface area contributed by atoms with Crippen molar-refractivity contribution in [3.8, 4) is 0 Å². The quantitative estimate of drug-likeness (QED) is 0.516. The highest BCUT2D eigenvalue weighted by atomic mass is 14.1. The first-order valence-electron chi connectivity index (χ1n) is 6.97. The summed E-state index contributed by atoms with van der Waals surface area (Å²) in [4.78, 5) is 0. The van der Waals surface area contributed by atoms with Gasteiger partial charge in [0.05, 0.1) is 0 Å². The molecule has 0 saturated carbocycles. The smallest absolute Gasteiger partial charge is 0.0109 e. The van der Waals surface area contributed by atoms with Crippen LogP contribution < -0.4 is 0 Å². The summed E-state index contributed by atoms with van der Waals surface area (Å²) in [5, 5.41) is 2.63. The van der Waals surface area contributed by atoms with Crippen LogP contribution in [0, 0.1) is 6.92 Å². The predicted molar refractivity (Wildman–Crippen MR) is 88.7 cm³/mol. The maximum absolute atomic E-state index is 2.27. The fourth-order valence-electron chi connectivity index (χ4n) is 2.66. The van der Waals surface area contributed by atoms with Crippen LogP contribution in [0.4, 0.5) is 0 Å². The van der Waals surface area contributed by atoms with E-state index >= 15 is 0 Å². The van der Waals surface area contributed by atoms with E-state index in [4.69, 9.17) is 0 Å². The van der Waals surface area contributed by atoms with E-state index in [0.717, 1.165) is 0 Å². The molecule has 0 heteroatoms. The summed E-state index contributed by atoms with van der Waals surface area (Å²) in [6.07, 6.45) is 2.25. The number of benzene rings is 3. The zero-order valence-electron chi connectivity index (χ0n) is 11.9. The first-order valence-corrected chi connectivity index (χ1v) is 6.97. The molecule has 3 aromatic rings. The summed E-state index contributed by atoms with van der Waals surface area (Å²) in [5.74, 6) is 0. The number of hydrogen-bond donors (Lipinski definition) is 0. The van der Waals surface area contributed by atoms with Crippen molar-refractivity contribution in [2.24, 2.45) is 0 Å². The van der Waals surface area contributed by atoms with Crippen molar-refractivity contribution in [3.05, 3.63) is 83.4 Å². The van der Waals surface area contributed by atoms with E-state index in [9.17, 15) is 0 Å². The number of hydrogen-bond acceptors (Lipinski definition) is 0. The van der Waals surface area contributed by atoms with E-state index in [1.807, 2.05) is 0 Å². The molecule has 0 saturated heterocycles. The highest BCUT2D eigenvalue weighted by Gasteiger charge is 2.04. The lowest BCUT2D eigenvalue weighted by Gasteiger charge is -2.09. The lowest BCUT2D eigenvalue weighted by molar-refractivity contribution is 1.47. The molecule has 20 heavy (non-hydrogen) atoms. The third-order valence-corrected chi connectivity index (χ3v) is 3.61. The first kappa shape index (κ1) is 12.7. The second kappa shape index (κ2) is 5.34. The summed E-state index contributed by atoms with van der Waals surface area (Å²) in [6.45, 7) is 4.35. The molecule has 0 aromatic heterocycles. The van der Waals surface area contributed by atoms with Crippen molar-refractivity contribution in [1.29, 1.82) is 0 Å². The van der Waals surface area contributed by atoms with Gasteiger partial charge >= 0.3 is 0 Å². The minimum absolute atomic E-state index is 1.25. The van der Waals surface area contributed by atoms with Crippen LogP contribution in [0.2, 0.25) is 0 Å². The number of rotatable bonds is 2. The van der Waals surface area contributed by atoms with Crippen molar-refractivity contribution in [2.75, 3.05) is 0 Å². The minimum Gasteiger partial charge on any atom is -0.0622 e. The first-order chi connectivity index (χ1) is 9.74. The molecule has 0 spiro atoms. The zero-order valence-corrected chi connectivity index (χ0v) is 11.9. The molecule has 0 atom stereocenters. The summed E-state index contributed by atoms with van der Waals surface area (Å²) >= 11 is 0. The van der Waals surface area contributed by atoms with Gasteiger partial charge in [-0.3, -0.25) is 0 Å². The van der Waals surface area contributed by atoms with Gasteiger partial charge in [0, 0.05) is 0 Å². The predicted octanol–water partition coefficient (Wildman–Crippen LogP) is 5.71. The Morgan fingerprint density at radius 2 is 1.55 bits per heavy atom. The van der Waals surface area contributed by atoms with Crippen molar-refractivity contribution >= 4 is 22.4 Å². The van der Waals surface area contributed by atoms with Crippen LogP contribution >= 0.6 is 0 Å². The molecule has 3 rings (SSSR count). The van der Waals surface area contributed by atoms with Gasteiger partial charge in [0.25, 0.3) is 0 Å². The van der Waals surface area contributed by atoms with Gasteiger partial charge in [-0.2, -0.15) is 0 Å². The Morgan fingerprint density at radius 1 is 0.850 bits per heavy atom. The maximum Gasteiger partial charge on any atom is -0.0109 e. The normalized spacial score (nSPS) is 11.8. The lowest BCUT2D eigenvalue weighted by atomic mass is 9.95. The van der Waals surface area contributed by atoms with Gasteiger partial charge in [0.2, 0.25) is 0 Å². The van der Waals surface area contributed by atoms with Crippen LogP contribution in [0.1, 0.15) is 23.6 Å². The molecule has 0 aliphatic heterocycles. The highest BCUT2D eigenvalue weighted by Crippen LogP contribution is 2.27. The van der Waals surface area contributed by atoms with Crippen LogP contribution in [0.15, 0.2) is 66.7 Å². The monoisotopic (exact) mass is 258 g/mol. The number of allylic oxidation sites excluding steroid dienone is 1. The van der Waals surface area contributed by atoms with E-state index in [-0.39, 0.29) is 0 Å². The Hall–Kier alpha value is -2.34. The molecule has 0 unspecified atom stereocenters. The van der Waals surface area contributed by atoms with E-state index in [0.29, 0.717) is 0 Å². The molecule has 0 amide bonds. The maximum atomic E-state index is 2.27. The minimum atomic E-state index is 1.25. The lowest BCUT2D eigenvalue weighted by Crippen LogP contribution is -1.86. The Balaban J connectivity index is 2.16. The molecule has 0 heterocycles. The van der Waals surface area contributed by atoms with E-state index < -0.39 is 0 Å². The Morgan fingerprint density at radius 3 is 2.35 bits per heavy atom. The van der Waals surface area contributed by atoms with Gasteiger partial charge in [-0.15, -0.1) is 0 Å². The fraction of sp³-hybridized carbons (Fsp3) is 0.100. The van der Waals surface area contributed by atoms with Crippen molar-refractivity contribution < 1.29 is 0 Å². The molecule has 0 bridgehead atoms. The van der Waals surface area contributed by atoms with Crippen LogP contribution in [0.5, 0.6) is 0 Å². The van der Waals surface area contributed by atoms with Gasteiger partial charge in [0.15, 0.2) is 0 Å². The molecule has 98 valence electrons. The molecular formula is C20H18. The van der Waals surface area contributed by atoms with Gasteiger partial charge in [-0.1, -0.05) is 72.8 Å². The molecular weight excluding hydrogens is 240 g/mol. The summed E-state index contributed by atoms with van der Waals surface area (Å²) in [7, 11) is 0. The molecule has 0 nitrogen and oxygen atoms in total. The number of aryl methyl sites for hydroxylation is 1. The zero-order chi connectivity index (χ0) is 13.9. The summed E-state index contributed by atoms with van der Waals surface area (Å²) < 4.78 is 0.